The molecule has 0 atom stereocenters. The molecule has 3 aromatic heterocycles. The van der Waals surface area contributed by atoms with Gasteiger partial charge in [0.1, 0.15) is 12.4 Å². The first-order valence-electron chi connectivity index (χ1n) is 11.9. The van der Waals surface area contributed by atoms with E-state index >= 15 is 0 Å². The van der Waals surface area contributed by atoms with Crippen molar-refractivity contribution in [1.82, 2.24) is 34.3 Å². The average molecular weight is 478 g/mol. The molecule has 4 aromatic rings. The van der Waals surface area contributed by atoms with Gasteiger partial charge in [0.2, 0.25) is 5.95 Å². The van der Waals surface area contributed by atoms with Gasteiger partial charge in [0.15, 0.2) is 17.1 Å². The standard InChI is InChI=1S/C24H31N9O2/c1-3-4-21-27-23-20-17-26-32(22(20)28-24(25)33(23)29-21)14-11-30-9-12-31(13-10-30)18-5-7-19(8-6-18)35-16-15-34-2/h3-8,17H,9-16H2,1-2H3,(H2,25,28). The summed E-state index contributed by atoms with van der Waals surface area (Å²) in [5, 5.41) is 9.82. The monoisotopic (exact) mass is 477 g/mol. The number of rotatable bonds is 9. The summed E-state index contributed by atoms with van der Waals surface area (Å²) in [6.07, 6.45) is 5.53. The Kier molecular flexibility index (Phi) is 6.77. The fourth-order valence-corrected chi connectivity index (χ4v) is 4.32. The highest BCUT2D eigenvalue weighted by Crippen LogP contribution is 2.22. The molecule has 1 aromatic carbocycles. The minimum absolute atomic E-state index is 0.307. The maximum atomic E-state index is 6.16. The van der Waals surface area contributed by atoms with Gasteiger partial charge in [-0.3, -0.25) is 4.90 Å². The van der Waals surface area contributed by atoms with Crippen LogP contribution >= 0.6 is 0 Å². The topological polar surface area (TPSA) is 112 Å². The van der Waals surface area contributed by atoms with Gasteiger partial charge in [-0.05, 0) is 37.3 Å². The smallest absolute Gasteiger partial charge is 0.225 e. The lowest BCUT2D eigenvalue weighted by molar-refractivity contribution is 0.146. The van der Waals surface area contributed by atoms with Crippen molar-refractivity contribution in [3.63, 3.8) is 0 Å². The molecule has 0 radical (unpaired) electrons. The van der Waals surface area contributed by atoms with Crippen LogP contribution in [0.5, 0.6) is 5.75 Å². The lowest BCUT2D eigenvalue weighted by Gasteiger charge is -2.36. The van der Waals surface area contributed by atoms with Gasteiger partial charge in [-0.2, -0.15) is 14.6 Å². The molecule has 0 aliphatic carbocycles. The van der Waals surface area contributed by atoms with Crippen LogP contribution in [0.1, 0.15) is 12.7 Å². The Bertz CT molecular complexity index is 1300. The van der Waals surface area contributed by atoms with Gasteiger partial charge in [-0.15, -0.1) is 5.10 Å². The van der Waals surface area contributed by atoms with E-state index in [4.69, 9.17) is 15.2 Å². The quantitative estimate of drug-likeness (QED) is 0.361. The second kappa shape index (κ2) is 10.3. The highest BCUT2D eigenvalue weighted by Gasteiger charge is 2.19. The third kappa shape index (κ3) is 4.91. The van der Waals surface area contributed by atoms with Crippen molar-refractivity contribution in [1.29, 1.82) is 0 Å². The maximum Gasteiger partial charge on any atom is 0.225 e. The predicted molar refractivity (Wildman–Crippen MR) is 136 cm³/mol. The second-order valence-corrected chi connectivity index (χ2v) is 8.44. The predicted octanol–water partition coefficient (Wildman–Crippen LogP) is 1.94. The van der Waals surface area contributed by atoms with E-state index in [0.29, 0.717) is 30.6 Å². The third-order valence-electron chi connectivity index (χ3n) is 6.19. The van der Waals surface area contributed by atoms with Gasteiger partial charge in [0, 0.05) is 45.5 Å². The molecule has 184 valence electrons. The third-order valence-corrected chi connectivity index (χ3v) is 6.19. The first-order valence-corrected chi connectivity index (χ1v) is 11.9. The number of hydrogen-bond acceptors (Lipinski definition) is 9. The number of nitrogens with two attached hydrogens (primary N) is 1. The summed E-state index contributed by atoms with van der Waals surface area (Å²) < 4.78 is 14.2. The normalized spacial score (nSPS) is 15.1. The van der Waals surface area contributed by atoms with Crippen LogP contribution in [0, 0.1) is 0 Å². The number of hydrogen-bond donors (Lipinski definition) is 1. The van der Waals surface area contributed by atoms with Crippen LogP contribution in [0.4, 0.5) is 11.6 Å². The average Bonchev–Trinajstić information content (AvgIpc) is 3.48. The summed E-state index contributed by atoms with van der Waals surface area (Å²) in [4.78, 5) is 14.0. The number of nitrogens with zero attached hydrogens (tertiary/aromatic N) is 8. The molecule has 0 saturated carbocycles. The Balaban J connectivity index is 1.19. The van der Waals surface area contributed by atoms with Crippen LogP contribution in [0.2, 0.25) is 0 Å². The molecule has 0 bridgehead atoms. The van der Waals surface area contributed by atoms with Gasteiger partial charge in [-0.1, -0.05) is 6.08 Å². The van der Waals surface area contributed by atoms with Gasteiger partial charge in [-0.25, -0.2) is 9.67 Å². The van der Waals surface area contributed by atoms with Gasteiger partial charge in [0.05, 0.1) is 24.7 Å². The minimum atomic E-state index is 0.307. The number of piperazine rings is 1. The van der Waals surface area contributed by atoms with Crippen molar-refractivity contribution in [2.45, 2.75) is 13.5 Å². The van der Waals surface area contributed by atoms with Crippen LogP contribution in [-0.2, 0) is 11.3 Å². The first kappa shape index (κ1) is 23.1. The van der Waals surface area contributed by atoms with E-state index in [1.165, 1.54) is 5.69 Å². The summed E-state index contributed by atoms with van der Waals surface area (Å²) in [5.74, 6) is 1.78. The number of ether oxygens (including phenoxy) is 2. The van der Waals surface area contributed by atoms with Crippen molar-refractivity contribution in [3.05, 3.63) is 42.4 Å². The van der Waals surface area contributed by atoms with Crippen LogP contribution in [0.3, 0.4) is 0 Å². The Morgan fingerprint density at radius 3 is 2.54 bits per heavy atom. The molecule has 1 aliphatic rings. The minimum Gasteiger partial charge on any atom is -0.491 e. The van der Waals surface area contributed by atoms with Crippen molar-refractivity contribution in [2.75, 3.05) is 63.7 Å². The molecule has 11 heteroatoms. The van der Waals surface area contributed by atoms with E-state index in [1.807, 2.05) is 35.9 Å². The Hall–Kier alpha value is -3.70. The molecular formula is C24H31N9O2. The Morgan fingerprint density at radius 2 is 1.80 bits per heavy atom. The Morgan fingerprint density at radius 1 is 1.00 bits per heavy atom. The summed E-state index contributed by atoms with van der Waals surface area (Å²) >= 11 is 0. The molecule has 11 nitrogen and oxygen atoms in total. The van der Waals surface area contributed by atoms with Gasteiger partial charge < -0.3 is 20.1 Å². The lowest BCUT2D eigenvalue weighted by atomic mass is 10.2. The van der Waals surface area contributed by atoms with Crippen molar-refractivity contribution < 1.29 is 9.47 Å². The molecule has 35 heavy (non-hydrogen) atoms. The van der Waals surface area contributed by atoms with Gasteiger partial charge >= 0.3 is 0 Å². The number of methoxy groups -OCH3 is 1. The van der Waals surface area contributed by atoms with E-state index in [0.717, 1.165) is 56.1 Å². The first-order chi connectivity index (χ1) is 17.2. The molecule has 1 saturated heterocycles. The number of fused-ring (bicyclic) bond motifs is 3. The molecule has 2 N–H and O–H groups in total. The zero-order chi connectivity index (χ0) is 24.2. The van der Waals surface area contributed by atoms with Crippen LogP contribution < -0.4 is 15.4 Å². The molecule has 4 heterocycles. The summed E-state index contributed by atoms with van der Waals surface area (Å²) in [5.41, 5.74) is 8.80. The zero-order valence-electron chi connectivity index (χ0n) is 20.2. The molecule has 5 rings (SSSR count). The molecule has 1 fully saturated rings. The zero-order valence-corrected chi connectivity index (χ0v) is 20.2. The van der Waals surface area contributed by atoms with Crippen molar-refractivity contribution in [2.24, 2.45) is 0 Å². The second-order valence-electron chi connectivity index (χ2n) is 8.44. The summed E-state index contributed by atoms with van der Waals surface area (Å²) in [7, 11) is 1.67. The number of nitrogen functional groups attached to an aromatic ring is 1. The van der Waals surface area contributed by atoms with E-state index in [9.17, 15) is 0 Å². The summed E-state index contributed by atoms with van der Waals surface area (Å²) in [6.45, 7) is 8.62. The Labute approximate surface area is 203 Å². The lowest BCUT2D eigenvalue weighted by Crippen LogP contribution is -2.47. The fourth-order valence-electron chi connectivity index (χ4n) is 4.32. The van der Waals surface area contributed by atoms with E-state index in [-0.39, 0.29) is 0 Å². The highest BCUT2D eigenvalue weighted by atomic mass is 16.5. The maximum absolute atomic E-state index is 6.16. The highest BCUT2D eigenvalue weighted by molar-refractivity contribution is 5.90. The molecule has 0 amide bonds. The number of anilines is 2. The number of benzene rings is 1. The molecule has 0 spiro atoms. The van der Waals surface area contributed by atoms with Crippen LogP contribution in [-0.4, -0.2) is 87.3 Å². The van der Waals surface area contributed by atoms with E-state index in [2.05, 4.69) is 42.1 Å². The van der Waals surface area contributed by atoms with Crippen molar-refractivity contribution >= 4 is 34.4 Å². The molecule has 0 unspecified atom stereocenters. The summed E-state index contributed by atoms with van der Waals surface area (Å²) in [6, 6.07) is 8.28. The number of allylic oxidation sites excluding steroid dienone is 1. The molecule has 1 aliphatic heterocycles. The van der Waals surface area contributed by atoms with Crippen LogP contribution in [0.25, 0.3) is 22.8 Å². The largest absolute Gasteiger partial charge is 0.491 e. The van der Waals surface area contributed by atoms with E-state index < -0.39 is 0 Å². The van der Waals surface area contributed by atoms with Crippen molar-refractivity contribution in [3.8, 4) is 5.75 Å². The number of aromatic nitrogens is 6. The molecular weight excluding hydrogens is 446 g/mol. The fraction of sp³-hybridized carbons (Fsp3) is 0.417. The van der Waals surface area contributed by atoms with Crippen LogP contribution in [0.15, 0.2) is 36.5 Å². The van der Waals surface area contributed by atoms with Gasteiger partial charge in [0.25, 0.3) is 0 Å². The SMILES string of the molecule is CC=Cc1nc2c3cnn(CCN4CCN(c5ccc(OCCOC)cc5)CC4)c3nc(N)n2n1. The van der Waals surface area contributed by atoms with E-state index in [1.54, 1.807) is 17.8 Å².